The number of methoxy groups -OCH3 is 2. The van der Waals surface area contributed by atoms with Crippen molar-refractivity contribution in [2.24, 2.45) is 0 Å². The minimum Gasteiger partial charge on any atom is -0.497 e. The highest BCUT2D eigenvalue weighted by Gasteiger charge is 2.16. The molecule has 0 atom stereocenters. The number of halogens is 1. The monoisotopic (exact) mass is 386 g/mol. The number of amides is 1. The number of hydrogen-bond acceptors (Lipinski definition) is 3. The fraction of sp³-hybridized carbons (Fsp3) is 0.286. The standard InChI is InChI=1S/C21H23ClN2O3/c1-4-20(25)23-10-9-15-16-11-19(27-3)17(22)12-18(16)24-21(15)13-5-7-14(26-2)8-6-13/h5-8,11-12,24H,4,9-10H2,1-3H3,(H,23,25). The van der Waals surface area contributed by atoms with E-state index < -0.39 is 0 Å². The molecule has 5 nitrogen and oxygen atoms in total. The zero-order valence-electron chi connectivity index (χ0n) is 15.7. The van der Waals surface area contributed by atoms with Gasteiger partial charge in [-0.15, -0.1) is 0 Å². The number of fused-ring (bicyclic) bond motifs is 1. The smallest absolute Gasteiger partial charge is 0.219 e. The van der Waals surface area contributed by atoms with E-state index in [9.17, 15) is 4.79 Å². The van der Waals surface area contributed by atoms with E-state index in [4.69, 9.17) is 21.1 Å². The Morgan fingerprint density at radius 3 is 2.52 bits per heavy atom. The van der Waals surface area contributed by atoms with Crippen LogP contribution >= 0.6 is 11.6 Å². The maximum atomic E-state index is 11.6. The van der Waals surface area contributed by atoms with Crippen molar-refractivity contribution in [2.45, 2.75) is 19.8 Å². The fourth-order valence-electron chi connectivity index (χ4n) is 3.12. The van der Waals surface area contributed by atoms with Crippen LogP contribution in [0.4, 0.5) is 0 Å². The number of nitrogens with one attached hydrogen (secondary N) is 2. The summed E-state index contributed by atoms with van der Waals surface area (Å²) >= 11 is 6.30. The molecule has 27 heavy (non-hydrogen) atoms. The minimum absolute atomic E-state index is 0.0430. The molecular weight excluding hydrogens is 364 g/mol. The van der Waals surface area contributed by atoms with Crippen LogP contribution < -0.4 is 14.8 Å². The first-order chi connectivity index (χ1) is 13.1. The molecule has 0 unspecified atom stereocenters. The lowest BCUT2D eigenvalue weighted by molar-refractivity contribution is -0.120. The van der Waals surface area contributed by atoms with Crippen molar-refractivity contribution in [1.82, 2.24) is 10.3 Å². The number of benzene rings is 2. The van der Waals surface area contributed by atoms with Crippen molar-refractivity contribution in [2.75, 3.05) is 20.8 Å². The molecule has 1 heterocycles. The van der Waals surface area contributed by atoms with Crippen LogP contribution in [0.5, 0.6) is 11.5 Å². The average Bonchev–Trinajstić information content (AvgIpc) is 3.04. The molecule has 0 bridgehead atoms. The Balaban J connectivity index is 2.06. The maximum Gasteiger partial charge on any atom is 0.219 e. The molecule has 3 aromatic rings. The number of carbonyl (C=O) groups is 1. The van der Waals surface area contributed by atoms with Gasteiger partial charge in [0.15, 0.2) is 0 Å². The van der Waals surface area contributed by atoms with E-state index in [1.165, 1.54) is 0 Å². The number of carbonyl (C=O) groups excluding carboxylic acids is 1. The van der Waals surface area contributed by atoms with Crippen molar-refractivity contribution in [3.8, 4) is 22.8 Å². The van der Waals surface area contributed by atoms with Gasteiger partial charge in [-0.1, -0.05) is 18.5 Å². The van der Waals surface area contributed by atoms with Gasteiger partial charge in [0.2, 0.25) is 5.91 Å². The predicted molar refractivity (Wildman–Crippen MR) is 109 cm³/mol. The van der Waals surface area contributed by atoms with Crippen LogP contribution in [0.3, 0.4) is 0 Å². The number of aromatic amines is 1. The van der Waals surface area contributed by atoms with E-state index in [0.29, 0.717) is 30.2 Å². The molecule has 142 valence electrons. The first kappa shape index (κ1) is 19.1. The molecule has 3 rings (SSSR count). The van der Waals surface area contributed by atoms with Gasteiger partial charge in [0.05, 0.1) is 19.2 Å². The molecule has 6 heteroatoms. The van der Waals surface area contributed by atoms with E-state index in [-0.39, 0.29) is 5.91 Å². The van der Waals surface area contributed by atoms with Gasteiger partial charge in [-0.3, -0.25) is 4.79 Å². The highest BCUT2D eigenvalue weighted by atomic mass is 35.5. The van der Waals surface area contributed by atoms with Gasteiger partial charge in [-0.05, 0) is 53.9 Å². The van der Waals surface area contributed by atoms with Crippen molar-refractivity contribution >= 4 is 28.4 Å². The van der Waals surface area contributed by atoms with Crippen molar-refractivity contribution in [1.29, 1.82) is 0 Å². The van der Waals surface area contributed by atoms with Crippen molar-refractivity contribution in [3.05, 3.63) is 47.0 Å². The molecule has 0 saturated heterocycles. The van der Waals surface area contributed by atoms with Gasteiger partial charge in [-0.2, -0.15) is 0 Å². The summed E-state index contributed by atoms with van der Waals surface area (Å²) in [5, 5.41) is 4.53. The zero-order valence-corrected chi connectivity index (χ0v) is 16.4. The Morgan fingerprint density at radius 1 is 1.15 bits per heavy atom. The molecule has 1 aromatic heterocycles. The minimum atomic E-state index is 0.0430. The van der Waals surface area contributed by atoms with Crippen LogP contribution in [0.25, 0.3) is 22.2 Å². The lowest BCUT2D eigenvalue weighted by Gasteiger charge is -2.08. The predicted octanol–water partition coefficient (Wildman–Crippen LogP) is 4.57. The first-order valence-electron chi connectivity index (χ1n) is 8.86. The average molecular weight is 387 g/mol. The highest BCUT2D eigenvalue weighted by Crippen LogP contribution is 2.36. The van der Waals surface area contributed by atoms with Crippen LogP contribution in [0.15, 0.2) is 36.4 Å². The van der Waals surface area contributed by atoms with E-state index in [2.05, 4.69) is 10.3 Å². The molecule has 0 saturated carbocycles. The number of hydrogen-bond donors (Lipinski definition) is 2. The molecule has 0 spiro atoms. The lowest BCUT2D eigenvalue weighted by Crippen LogP contribution is -2.24. The number of aromatic nitrogens is 1. The third-order valence-electron chi connectivity index (χ3n) is 4.58. The molecule has 2 aromatic carbocycles. The molecular formula is C21H23ClN2O3. The van der Waals surface area contributed by atoms with Crippen LogP contribution in [0.2, 0.25) is 5.02 Å². The Labute approximate surface area is 163 Å². The third-order valence-corrected chi connectivity index (χ3v) is 4.87. The van der Waals surface area contributed by atoms with Crippen LogP contribution in [-0.2, 0) is 11.2 Å². The van der Waals surface area contributed by atoms with Gasteiger partial charge in [0, 0.05) is 29.6 Å². The second-order valence-corrected chi connectivity index (χ2v) is 6.60. The SMILES string of the molecule is CCC(=O)NCCc1c(-c2ccc(OC)cc2)[nH]c2cc(Cl)c(OC)cc12. The molecule has 0 aliphatic carbocycles. The van der Waals surface area contributed by atoms with E-state index in [1.807, 2.05) is 43.3 Å². The Hall–Kier alpha value is -2.66. The topological polar surface area (TPSA) is 63.3 Å². The molecule has 0 fully saturated rings. The summed E-state index contributed by atoms with van der Waals surface area (Å²) in [5.74, 6) is 1.47. The Bertz CT molecular complexity index is 948. The fourth-order valence-corrected chi connectivity index (χ4v) is 3.36. The molecule has 1 amide bonds. The molecule has 0 aliphatic rings. The summed E-state index contributed by atoms with van der Waals surface area (Å²) in [6, 6.07) is 11.7. The summed E-state index contributed by atoms with van der Waals surface area (Å²) < 4.78 is 10.6. The number of ether oxygens (including phenoxy) is 2. The van der Waals surface area contributed by atoms with E-state index >= 15 is 0 Å². The molecule has 2 N–H and O–H groups in total. The number of H-pyrrole nitrogens is 1. The first-order valence-corrected chi connectivity index (χ1v) is 9.24. The summed E-state index contributed by atoms with van der Waals surface area (Å²) in [6.45, 7) is 2.41. The largest absolute Gasteiger partial charge is 0.497 e. The molecule has 0 aliphatic heterocycles. The maximum absolute atomic E-state index is 11.6. The van der Waals surface area contributed by atoms with Gasteiger partial charge in [-0.25, -0.2) is 0 Å². The van der Waals surface area contributed by atoms with Crippen molar-refractivity contribution < 1.29 is 14.3 Å². The normalized spacial score (nSPS) is 10.8. The van der Waals surface area contributed by atoms with Gasteiger partial charge in [0.1, 0.15) is 11.5 Å². The molecule has 0 radical (unpaired) electrons. The van der Waals surface area contributed by atoms with Gasteiger partial charge in [0.25, 0.3) is 0 Å². The second-order valence-electron chi connectivity index (χ2n) is 6.19. The van der Waals surface area contributed by atoms with E-state index in [1.54, 1.807) is 14.2 Å². The second kappa shape index (κ2) is 8.35. The lowest BCUT2D eigenvalue weighted by atomic mass is 10.0. The number of rotatable bonds is 7. The Morgan fingerprint density at radius 2 is 1.89 bits per heavy atom. The third kappa shape index (κ3) is 4.03. The highest BCUT2D eigenvalue weighted by molar-refractivity contribution is 6.32. The Kier molecular flexibility index (Phi) is 5.91. The van der Waals surface area contributed by atoms with E-state index in [0.717, 1.165) is 33.5 Å². The zero-order chi connectivity index (χ0) is 19.4. The van der Waals surface area contributed by atoms with Crippen LogP contribution in [0, 0.1) is 0 Å². The van der Waals surface area contributed by atoms with Gasteiger partial charge < -0.3 is 19.8 Å². The summed E-state index contributed by atoms with van der Waals surface area (Å²) in [4.78, 5) is 15.1. The quantitative estimate of drug-likeness (QED) is 0.625. The van der Waals surface area contributed by atoms with Crippen LogP contribution in [-0.4, -0.2) is 31.7 Å². The summed E-state index contributed by atoms with van der Waals surface area (Å²) in [5.41, 5.74) is 4.09. The van der Waals surface area contributed by atoms with Gasteiger partial charge >= 0.3 is 0 Å². The summed E-state index contributed by atoms with van der Waals surface area (Å²) in [7, 11) is 3.25. The van der Waals surface area contributed by atoms with Crippen molar-refractivity contribution in [3.63, 3.8) is 0 Å². The summed E-state index contributed by atoms with van der Waals surface area (Å²) in [6.07, 6.45) is 1.17. The van der Waals surface area contributed by atoms with Crippen LogP contribution in [0.1, 0.15) is 18.9 Å².